The summed E-state index contributed by atoms with van der Waals surface area (Å²) in [6, 6.07) is -0.554. The molecular weight excluding hydrogens is 312 g/mol. The first kappa shape index (κ1) is 16.5. The second-order valence-electron chi connectivity index (χ2n) is 5.23. The Labute approximate surface area is 120 Å². The fraction of sp³-hybridized carbons (Fsp3) is 0.909. The van der Waals surface area contributed by atoms with Gasteiger partial charge in [-0.05, 0) is 25.7 Å². The summed E-state index contributed by atoms with van der Waals surface area (Å²) in [6.07, 6.45) is 2.11. The molecule has 122 valence electrons. The van der Waals surface area contributed by atoms with Crippen molar-refractivity contribution >= 4 is 16.0 Å². The Morgan fingerprint density at radius 1 is 1.33 bits per heavy atom. The minimum absolute atomic E-state index is 0.00978. The van der Waals surface area contributed by atoms with Crippen LogP contribution in [0.4, 0.5) is 8.78 Å². The van der Waals surface area contributed by atoms with Crippen LogP contribution in [0.1, 0.15) is 25.7 Å². The fourth-order valence-corrected chi connectivity index (χ4v) is 2.46. The Morgan fingerprint density at radius 2 is 1.90 bits per heavy atom. The van der Waals surface area contributed by atoms with Crippen molar-refractivity contribution in [2.45, 2.75) is 49.2 Å². The molecule has 1 unspecified atom stereocenters. The smallest absolute Gasteiger partial charge is 0.375 e. The van der Waals surface area contributed by atoms with Gasteiger partial charge in [0.2, 0.25) is 0 Å². The number of carbonyl (C=O) groups is 1. The Morgan fingerprint density at radius 3 is 2.38 bits per heavy atom. The molecule has 7 nitrogen and oxygen atoms in total. The highest BCUT2D eigenvalue weighted by molar-refractivity contribution is 7.87. The van der Waals surface area contributed by atoms with Crippen molar-refractivity contribution in [3.63, 3.8) is 0 Å². The van der Waals surface area contributed by atoms with Crippen LogP contribution in [0.15, 0.2) is 0 Å². The maximum absolute atomic E-state index is 13.1. The van der Waals surface area contributed by atoms with Gasteiger partial charge in [0.25, 0.3) is 0 Å². The van der Waals surface area contributed by atoms with E-state index in [2.05, 4.69) is 0 Å². The molecule has 1 amide bonds. The third kappa shape index (κ3) is 4.31. The van der Waals surface area contributed by atoms with Gasteiger partial charge in [-0.2, -0.15) is 17.2 Å². The third-order valence-electron chi connectivity index (χ3n) is 3.52. The number of alkyl halides is 2. The van der Waals surface area contributed by atoms with E-state index in [0.29, 0.717) is 38.9 Å². The van der Waals surface area contributed by atoms with Gasteiger partial charge in [0.05, 0.1) is 19.3 Å². The molecule has 2 fully saturated rings. The molecule has 0 bridgehead atoms. The van der Waals surface area contributed by atoms with Crippen molar-refractivity contribution in [1.82, 2.24) is 5.32 Å². The molecule has 2 aliphatic rings. The lowest BCUT2D eigenvalue weighted by molar-refractivity contribution is -0.137. The summed E-state index contributed by atoms with van der Waals surface area (Å²) >= 11 is 0. The molecule has 2 rings (SSSR count). The van der Waals surface area contributed by atoms with E-state index in [0.717, 1.165) is 0 Å². The quantitative estimate of drug-likeness (QED) is 0.537. The van der Waals surface area contributed by atoms with Gasteiger partial charge in [-0.3, -0.25) is 9.35 Å². The first-order chi connectivity index (χ1) is 9.70. The van der Waals surface area contributed by atoms with Crippen molar-refractivity contribution in [1.29, 1.82) is 0 Å². The van der Waals surface area contributed by atoms with Gasteiger partial charge in [-0.15, -0.1) is 0 Å². The van der Waals surface area contributed by atoms with Crippen LogP contribution in [0.2, 0.25) is 0 Å². The van der Waals surface area contributed by atoms with Crippen LogP contribution in [0.5, 0.6) is 0 Å². The molecule has 0 spiro atoms. The monoisotopic (exact) mass is 329 g/mol. The van der Waals surface area contributed by atoms with E-state index >= 15 is 0 Å². The third-order valence-corrected chi connectivity index (χ3v) is 4.35. The van der Waals surface area contributed by atoms with E-state index in [1.165, 1.54) is 0 Å². The molecule has 1 aliphatic heterocycles. The van der Waals surface area contributed by atoms with Crippen LogP contribution in [0, 0.1) is 0 Å². The highest BCUT2D eigenvalue weighted by Crippen LogP contribution is 2.25. The number of nitrogens with one attached hydrogen (secondary N) is 1. The molecule has 0 aromatic carbocycles. The van der Waals surface area contributed by atoms with E-state index in [9.17, 15) is 22.0 Å². The van der Waals surface area contributed by atoms with E-state index in [4.69, 9.17) is 14.0 Å². The summed E-state index contributed by atoms with van der Waals surface area (Å²) < 4.78 is 66.0. The van der Waals surface area contributed by atoms with Crippen molar-refractivity contribution < 1.29 is 36.0 Å². The largest absolute Gasteiger partial charge is 0.446 e. The fourth-order valence-electron chi connectivity index (χ4n) is 2.17. The second-order valence-corrected chi connectivity index (χ2v) is 6.69. The molecule has 1 heterocycles. The number of rotatable bonds is 6. The van der Waals surface area contributed by atoms with Crippen LogP contribution in [-0.2, 0) is 24.4 Å². The predicted molar refractivity (Wildman–Crippen MR) is 66.4 cm³/mol. The highest BCUT2D eigenvalue weighted by atomic mass is 32.2. The van der Waals surface area contributed by atoms with E-state index in [1.807, 2.05) is 5.32 Å². The van der Waals surface area contributed by atoms with Crippen molar-refractivity contribution in [2.24, 2.45) is 0 Å². The molecule has 10 heteroatoms. The molecular formula is C11H17F2NO6S. The van der Waals surface area contributed by atoms with Crippen molar-refractivity contribution in [2.75, 3.05) is 13.2 Å². The molecule has 1 aliphatic carbocycles. The number of ether oxygens (including phenoxy) is 2. The maximum Gasteiger partial charge on any atom is 0.446 e. The van der Waals surface area contributed by atoms with E-state index < -0.39 is 27.3 Å². The molecule has 0 aromatic rings. The number of halogens is 2. The van der Waals surface area contributed by atoms with Crippen LogP contribution in [-0.4, -0.2) is 55.6 Å². The Hall–Kier alpha value is -0.840. The van der Waals surface area contributed by atoms with Crippen LogP contribution < -0.4 is 5.32 Å². The molecule has 1 atom stereocenters. The van der Waals surface area contributed by atoms with Crippen molar-refractivity contribution in [3.05, 3.63) is 0 Å². The number of amides is 1. The molecule has 21 heavy (non-hydrogen) atoms. The maximum atomic E-state index is 13.1. The molecule has 2 N–H and O–H groups in total. The minimum Gasteiger partial charge on any atom is -0.375 e. The van der Waals surface area contributed by atoms with Crippen LogP contribution in [0.3, 0.4) is 0 Å². The lowest BCUT2D eigenvalue weighted by atomic mass is 9.93. The standard InChI is InChI=1S/C11H17F2NO6S/c12-11(13,21(16,17)18)10(15)14-7-1-3-8(4-2-7)19-5-9-6-20-9/h7-9H,1-6H2,(H,14,15)(H,16,17,18). The summed E-state index contributed by atoms with van der Waals surface area (Å²) in [5.74, 6) is -2.00. The molecule has 0 radical (unpaired) electrons. The average molecular weight is 329 g/mol. The zero-order chi connectivity index (χ0) is 15.7. The zero-order valence-corrected chi connectivity index (χ0v) is 11.9. The van der Waals surface area contributed by atoms with Gasteiger partial charge in [-0.25, -0.2) is 0 Å². The number of hydrogen-bond acceptors (Lipinski definition) is 5. The average Bonchev–Trinajstić information content (AvgIpc) is 3.20. The molecule has 1 saturated heterocycles. The first-order valence-electron chi connectivity index (χ1n) is 6.59. The Balaban J connectivity index is 1.76. The Kier molecular flexibility index (Phi) is 4.81. The first-order valence-corrected chi connectivity index (χ1v) is 8.03. The highest BCUT2D eigenvalue weighted by Gasteiger charge is 2.52. The summed E-state index contributed by atoms with van der Waals surface area (Å²) in [7, 11) is -5.76. The summed E-state index contributed by atoms with van der Waals surface area (Å²) in [5, 5.41) is -2.87. The SMILES string of the molecule is O=C(NC1CCC(OCC2CO2)CC1)C(F)(F)S(=O)(=O)O. The van der Waals surface area contributed by atoms with Gasteiger partial charge >= 0.3 is 21.3 Å². The normalized spacial score (nSPS) is 30.0. The second kappa shape index (κ2) is 6.11. The van der Waals surface area contributed by atoms with Crippen LogP contribution in [0.25, 0.3) is 0 Å². The summed E-state index contributed by atoms with van der Waals surface area (Å²) in [4.78, 5) is 11.2. The predicted octanol–water partition coefficient (Wildman–Crippen LogP) is 0.310. The molecule has 1 saturated carbocycles. The van der Waals surface area contributed by atoms with Crippen LogP contribution >= 0.6 is 0 Å². The number of epoxide rings is 1. The lowest BCUT2D eigenvalue weighted by Gasteiger charge is -2.29. The number of hydrogen-bond donors (Lipinski definition) is 2. The van der Waals surface area contributed by atoms with E-state index in [1.54, 1.807) is 0 Å². The van der Waals surface area contributed by atoms with Gasteiger partial charge in [0.15, 0.2) is 0 Å². The zero-order valence-electron chi connectivity index (χ0n) is 11.1. The van der Waals surface area contributed by atoms with Gasteiger partial charge < -0.3 is 14.8 Å². The van der Waals surface area contributed by atoms with E-state index in [-0.39, 0.29) is 12.2 Å². The summed E-state index contributed by atoms with van der Waals surface area (Å²) in [6.45, 7) is 1.19. The topological polar surface area (TPSA) is 105 Å². The Bertz CT molecular complexity index is 485. The van der Waals surface area contributed by atoms with Gasteiger partial charge in [0, 0.05) is 6.04 Å². The van der Waals surface area contributed by atoms with Crippen molar-refractivity contribution in [3.8, 4) is 0 Å². The minimum atomic E-state index is -5.76. The lowest BCUT2D eigenvalue weighted by Crippen LogP contribution is -2.50. The number of carbonyl (C=O) groups excluding carboxylic acids is 1. The molecule has 0 aromatic heterocycles. The van der Waals surface area contributed by atoms with Gasteiger partial charge in [-0.1, -0.05) is 0 Å². The van der Waals surface area contributed by atoms with Gasteiger partial charge in [0.1, 0.15) is 6.10 Å². The summed E-state index contributed by atoms with van der Waals surface area (Å²) in [5.41, 5.74) is 0.